The molecular formula is C21H30N4O4. The zero-order chi connectivity index (χ0) is 21.6. The number of hydrogen-bond acceptors (Lipinski definition) is 4. The quantitative estimate of drug-likeness (QED) is 0.774. The first-order chi connectivity index (χ1) is 13.7. The van der Waals surface area contributed by atoms with Gasteiger partial charge in [0.1, 0.15) is 0 Å². The third kappa shape index (κ3) is 6.30. The Kier molecular flexibility index (Phi) is 7.75. The summed E-state index contributed by atoms with van der Waals surface area (Å²) in [5.41, 5.74) is 2.68. The molecule has 8 nitrogen and oxygen atoms in total. The Morgan fingerprint density at radius 3 is 2.07 bits per heavy atom. The number of carbonyl (C=O) groups excluding carboxylic acids is 4. The Morgan fingerprint density at radius 1 is 0.966 bits per heavy atom. The molecule has 1 aliphatic rings. The highest BCUT2D eigenvalue weighted by molar-refractivity contribution is 5.96. The molecule has 0 aliphatic carbocycles. The fourth-order valence-electron chi connectivity index (χ4n) is 3.33. The maximum absolute atomic E-state index is 12.3. The fraction of sp³-hybridized carbons (Fsp3) is 0.524. The lowest BCUT2D eigenvalue weighted by atomic mass is 10.1. The molecule has 1 aliphatic heterocycles. The highest BCUT2D eigenvalue weighted by atomic mass is 16.2. The van der Waals surface area contributed by atoms with E-state index in [1.54, 1.807) is 16.8 Å². The van der Waals surface area contributed by atoms with Gasteiger partial charge in [-0.1, -0.05) is 18.2 Å². The summed E-state index contributed by atoms with van der Waals surface area (Å²) in [5.74, 6) is -0.620. The van der Waals surface area contributed by atoms with Crippen molar-refractivity contribution in [1.29, 1.82) is 0 Å². The van der Waals surface area contributed by atoms with E-state index in [0.717, 1.165) is 16.8 Å². The van der Waals surface area contributed by atoms with Gasteiger partial charge in [-0.3, -0.25) is 19.2 Å². The van der Waals surface area contributed by atoms with Gasteiger partial charge >= 0.3 is 0 Å². The van der Waals surface area contributed by atoms with E-state index in [1.165, 1.54) is 11.8 Å². The summed E-state index contributed by atoms with van der Waals surface area (Å²) in [6.07, 6.45) is 0.153. The first-order valence-electron chi connectivity index (χ1n) is 9.82. The van der Waals surface area contributed by atoms with Gasteiger partial charge in [-0.25, -0.2) is 0 Å². The van der Waals surface area contributed by atoms with E-state index in [-0.39, 0.29) is 43.0 Å². The molecule has 0 atom stereocenters. The highest BCUT2D eigenvalue weighted by Gasteiger charge is 2.23. The van der Waals surface area contributed by atoms with Gasteiger partial charge in [0.15, 0.2) is 0 Å². The number of piperazine rings is 1. The predicted octanol–water partition coefficient (Wildman–Crippen LogP) is 1.17. The smallest absolute Gasteiger partial charge is 0.243 e. The number of anilines is 1. The average Bonchev–Trinajstić information content (AvgIpc) is 2.68. The van der Waals surface area contributed by atoms with Gasteiger partial charge in [-0.15, -0.1) is 0 Å². The number of rotatable bonds is 6. The van der Waals surface area contributed by atoms with Crippen LogP contribution in [0.15, 0.2) is 18.2 Å². The molecule has 8 heteroatoms. The number of carbonyl (C=O) groups is 4. The molecule has 158 valence electrons. The van der Waals surface area contributed by atoms with Crippen molar-refractivity contribution in [2.24, 2.45) is 0 Å². The van der Waals surface area contributed by atoms with E-state index in [1.807, 2.05) is 32.0 Å². The van der Waals surface area contributed by atoms with Crippen molar-refractivity contribution in [1.82, 2.24) is 14.7 Å². The van der Waals surface area contributed by atoms with Crippen LogP contribution in [0.1, 0.15) is 30.9 Å². The maximum Gasteiger partial charge on any atom is 0.243 e. The zero-order valence-corrected chi connectivity index (χ0v) is 17.7. The number of benzene rings is 1. The lowest BCUT2D eigenvalue weighted by Crippen LogP contribution is -2.50. The summed E-state index contributed by atoms with van der Waals surface area (Å²) in [6.45, 7) is 7.29. The summed E-state index contributed by atoms with van der Waals surface area (Å²) in [5, 5.41) is 2.85. The fourth-order valence-corrected chi connectivity index (χ4v) is 3.33. The van der Waals surface area contributed by atoms with Crippen molar-refractivity contribution >= 4 is 29.3 Å². The minimum atomic E-state index is -0.273. The van der Waals surface area contributed by atoms with E-state index < -0.39 is 0 Å². The normalized spacial score (nSPS) is 13.8. The minimum absolute atomic E-state index is 0.00747. The van der Waals surface area contributed by atoms with Crippen LogP contribution >= 0.6 is 0 Å². The number of likely N-dealkylation sites (N-methyl/N-ethyl adjacent to an activating group) is 1. The highest BCUT2D eigenvalue weighted by Crippen LogP contribution is 2.19. The number of hydrogen-bond donors (Lipinski definition) is 1. The van der Waals surface area contributed by atoms with Crippen LogP contribution in [0.4, 0.5) is 5.69 Å². The van der Waals surface area contributed by atoms with Gasteiger partial charge in [0.25, 0.3) is 0 Å². The second-order valence-corrected chi connectivity index (χ2v) is 7.45. The van der Waals surface area contributed by atoms with Gasteiger partial charge in [0.2, 0.25) is 23.6 Å². The summed E-state index contributed by atoms with van der Waals surface area (Å²) in [7, 11) is 1.56. The van der Waals surface area contributed by atoms with E-state index in [0.29, 0.717) is 26.2 Å². The predicted molar refractivity (Wildman–Crippen MR) is 110 cm³/mol. The molecule has 2 rings (SSSR count). The van der Waals surface area contributed by atoms with Crippen LogP contribution in [0.3, 0.4) is 0 Å². The molecule has 0 saturated carbocycles. The van der Waals surface area contributed by atoms with E-state index in [2.05, 4.69) is 5.32 Å². The molecule has 1 aromatic rings. The van der Waals surface area contributed by atoms with Crippen LogP contribution in [0.2, 0.25) is 0 Å². The summed E-state index contributed by atoms with van der Waals surface area (Å²) in [4.78, 5) is 53.0. The van der Waals surface area contributed by atoms with Gasteiger partial charge in [0.05, 0.1) is 6.54 Å². The summed E-state index contributed by atoms with van der Waals surface area (Å²) in [6, 6.07) is 5.76. The Bertz CT molecular complexity index is 765. The largest absolute Gasteiger partial charge is 0.339 e. The van der Waals surface area contributed by atoms with Crippen LogP contribution in [0.5, 0.6) is 0 Å². The first-order valence-corrected chi connectivity index (χ1v) is 9.82. The van der Waals surface area contributed by atoms with Gasteiger partial charge in [-0.2, -0.15) is 0 Å². The van der Waals surface area contributed by atoms with Gasteiger partial charge in [0, 0.05) is 58.7 Å². The number of aryl methyl sites for hydroxylation is 2. The van der Waals surface area contributed by atoms with Crippen LogP contribution in [0, 0.1) is 13.8 Å². The van der Waals surface area contributed by atoms with Crippen LogP contribution in [-0.4, -0.2) is 78.1 Å². The molecule has 0 bridgehead atoms. The Labute approximate surface area is 171 Å². The molecule has 0 aromatic heterocycles. The van der Waals surface area contributed by atoms with Crippen molar-refractivity contribution < 1.29 is 19.2 Å². The van der Waals surface area contributed by atoms with Crippen LogP contribution < -0.4 is 5.32 Å². The van der Waals surface area contributed by atoms with Gasteiger partial charge < -0.3 is 20.0 Å². The molecule has 1 N–H and O–H groups in total. The van der Waals surface area contributed by atoms with Crippen molar-refractivity contribution in [3.8, 4) is 0 Å². The Morgan fingerprint density at radius 2 is 1.52 bits per heavy atom. The third-order valence-electron chi connectivity index (χ3n) is 5.18. The molecule has 0 unspecified atom stereocenters. The average molecular weight is 402 g/mol. The molecule has 1 saturated heterocycles. The monoisotopic (exact) mass is 402 g/mol. The topological polar surface area (TPSA) is 90.0 Å². The Balaban J connectivity index is 1.76. The number of nitrogens with zero attached hydrogens (tertiary/aromatic N) is 3. The van der Waals surface area contributed by atoms with Crippen LogP contribution in [-0.2, 0) is 19.2 Å². The lowest BCUT2D eigenvalue weighted by molar-refractivity contribution is -0.140. The maximum atomic E-state index is 12.3. The number of nitrogens with one attached hydrogen (secondary N) is 1. The molecular weight excluding hydrogens is 372 g/mol. The van der Waals surface area contributed by atoms with Crippen molar-refractivity contribution in [3.63, 3.8) is 0 Å². The van der Waals surface area contributed by atoms with E-state index in [9.17, 15) is 19.2 Å². The van der Waals surface area contributed by atoms with Gasteiger partial charge in [-0.05, 0) is 25.0 Å². The Hall–Kier alpha value is -2.90. The van der Waals surface area contributed by atoms with Crippen molar-refractivity contribution in [3.05, 3.63) is 29.3 Å². The summed E-state index contributed by atoms with van der Waals surface area (Å²) < 4.78 is 0. The minimum Gasteiger partial charge on any atom is -0.339 e. The SMILES string of the molecule is CC(=O)N1CCN(C(=O)CCC(=O)N(C)CC(=O)Nc2c(C)cccc2C)CC1. The van der Waals surface area contributed by atoms with Crippen molar-refractivity contribution in [2.75, 3.05) is 45.1 Å². The van der Waals surface area contributed by atoms with Crippen LogP contribution in [0.25, 0.3) is 0 Å². The third-order valence-corrected chi connectivity index (χ3v) is 5.18. The van der Waals surface area contributed by atoms with Crippen molar-refractivity contribution in [2.45, 2.75) is 33.6 Å². The van der Waals surface area contributed by atoms with E-state index in [4.69, 9.17) is 0 Å². The first kappa shape index (κ1) is 22.4. The molecule has 0 radical (unpaired) electrons. The summed E-state index contributed by atoms with van der Waals surface area (Å²) >= 11 is 0. The molecule has 4 amide bonds. The van der Waals surface area contributed by atoms with E-state index >= 15 is 0 Å². The number of para-hydroxylation sites is 1. The lowest BCUT2D eigenvalue weighted by Gasteiger charge is -2.34. The molecule has 1 fully saturated rings. The second kappa shape index (κ2) is 10.0. The standard InChI is InChI=1S/C21H30N4O4/c1-15-6-5-7-16(2)21(15)22-18(27)14-23(4)19(28)8-9-20(29)25-12-10-24(11-13-25)17(3)26/h5-7H,8-14H2,1-4H3,(H,22,27). The zero-order valence-electron chi connectivity index (χ0n) is 17.7. The second-order valence-electron chi connectivity index (χ2n) is 7.45. The molecule has 1 heterocycles. The molecule has 29 heavy (non-hydrogen) atoms. The number of amides is 4. The molecule has 0 spiro atoms. The molecule has 1 aromatic carbocycles.